The first-order chi connectivity index (χ1) is 20.9. The smallest absolute Gasteiger partial charge is 0.126 e. The number of rotatable bonds is 0. The van der Waals surface area contributed by atoms with Gasteiger partial charge in [0.1, 0.15) is 11.6 Å². The van der Waals surface area contributed by atoms with Crippen LogP contribution in [-0.4, -0.2) is 0 Å². The fourth-order valence-corrected chi connectivity index (χ4v) is 5.70. The van der Waals surface area contributed by atoms with Crippen molar-refractivity contribution in [3.8, 4) is 0 Å². The van der Waals surface area contributed by atoms with Gasteiger partial charge in [-0.25, -0.2) is 8.78 Å². The van der Waals surface area contributed by atoms with Crippen molar-refractivity contribution in [3.63, 3.8) is 0 Å². The first-order valence-electron chi connectivity index (χ1n) is 15.3. The summed E-state index contributed by atoms with van der Waals surface area (Å²) in [5.41, 5.74) is 16.3. The van der Waals surface area contributed by atoms with Gasteiger partial charge >= 0.3 is 0 Å². The number of hydrogen-bond donors (Lipinski definition) is 0. The highest BCUT2D eigenvalue weighted by atomic mass is 31.0. The lowest BCUT2D eigenvalue weighted by Gasteiger charge is -1.96. The fraction of sp³-hybridized carbons (Fsp3) is 0.286. The molecule has 45 heavy (non-hydrogen) atoms. The first kappa shape index (κ1) is 39.4. The van der Waals surface area contributed by atoms with Crippen molar-refractivity contribution < 1.29 is 8.78 Å². The molecule has 0 spiro atoms. The summed E-state index contributed by atoms with van der Waals surface area (Å²) in [6, 6.07) is 29.6. The predicted molar refractivity (Wildman–Crippen MR) is 198 cm³/mol. The zero-order valence-corrected chi connectivity index (χ0v) is 30.6. The van der Waals surface area contributed by atoms with Crippen molar-refractivity contribution in [1.29, 1.82) is 0 Å². The van der Waals surface area contributed by atoms with E-state index in [1.54, 1.807) is 0 Å². The van der Waals surface area contributed by atoms with Gasteiger partial charge in [-0.2, -0.15) is 0 Å². The molecule has 5 rings (SSSR count). The monoisotopic (exact) mass is 626 g/mol. The molecule has 0 aromatic heterocycles. The van der Waals surface area contributed by atoms with Crippen molar-refractivity contribution in [2.24, 2.45) is 0 Å². The molecule has 0 saturated carbocycles. The molecular formula is C42H53F2P. The van der Waals surface area contributed by atoms with Gasteiger partial charge in [0.25, 0.3) is 0 Å². The van der Waals surface area contributed by atoms with Crippen LogP contribution in [0.15, 0.2) is 91.0 Å². The van der Waals surface area contributed by atoms with E-state index in [4.69, 9.17) is 0 Å². The zero-order valence-electron chi connectivity index (χ0n) is 29.5. The molecular weight excluding hydrogens is 573 g/mol. The number of hydrogen-bond acceptors (Lipinski definition) is 0. The lowest BCUT2D eigenvalue weighted by atomic mass is 10.1. The van der Waals surface area contributed by atoms with Gasteiger partial charge in [-0.3, -0.25) is 0 Å². The average Bonchev–Trinajstić information content (AvgIpc) is 2.81. The third-order valence-electron chi connectivity index (χ3n) is 6.35. The Hall–Kier alpha value is -3.61. The van der Waals surface area contributed by atoms with Crippen LogP contribution in [0.2, 0.25) is 0 Å². The topological polar surface area (TPSA) is 0 Å². The van der Waals surface area contributed by atoms with Crippen molar-refractivity contribution in [2.75, 3.05) is 0 Å². The molecule has 0 nitrogen and oxygen atoms in total. The lowest BCUT2D eigenvalue weighted by molar-refractivity contribution is 0.585. The summed E-state index contributed by atoms with van der Waals surface area (Å²) in [5.74, 6) is -1.08. The Kier molecular flexibility index (Phi) is 17.3. The third kappa shape index (κ3) is 18.7. The molecule has 5 aromatic carbocycles. The van der Waals surface area contributed by atoms with Crippen LogP contribution in [0.5, 0.6) is 0 Å². The van der Waals surface area contributed by atoms with Crippen molar-refractivity contribution in [2.45, 2.75) is 83.1 Å². The average molecular weight is 627 g/mol. The molecule has 3 heteroatoms. The Morgan fingerprint density at radius 1 is 0.267 bits per heavy atom. The number of halogens is 2. The molecule has 1 atom stereocenters. The molecule has 0 heterocycles. The van der Waals surface area contributed by atoms with Gasteiger partial charge in [-0.15, -0.1) is 9.24 Å². The van der Waals surface area contributed by atoms with E-state index in [9.17, 15) is 8.78 Å². The summed E-state index contributed by atoms with van der Waals surface area (Å²) >= 11 is 0. The standard InChI is InChI=1S/4C9H12.C6H5F2P/c4*1-7-4-8(2)6-9(3)5-7;7-4-1-5(8)3-6(9)2-4/h4*4-6H,1-3H3;1-3H,9H2. The van der Waals surface area contributed by atoms with Gasteiger partial charge in [0.15, 0.2) is 0 Å². The van der Waals surface area contributed by atoms with Gasteiger partial charge in [-0.05, 0) is 101 Å². The molecule has 0 saturated heterocycles. The van der Waals surface area contributed by atoms with Gasteiger partial charge in [0.2, 0.25) is 0 Å². The summed E-state index contributed by atoms with van der Waals surface area (Å²) in [4.78, 5) is 0. The molecule has 5 aromatic rings. The highest BCUT2D eigenvalue weighted by molar-refractivity contribution is 7.27. The van der Waals surface area contributed by atoms with Crippen LogP contribution in [0.4, 0.5) is 8.78 Å². The second-order valence-electron chi connectivity index (χ2n) is 12.4. The van der Waals surface area contributed by atoms with Crippen LogP contribution in [0, 0.1) is 94.7 Å². The van der Waals surface area contributed by atoms with Crippen LogP contribution in [-0.2, 0) is 0 Å². The van der Waals surface area contributed by atoms with Gasteiger partial charge in [0.05, 0.1) is 0 Å². The van der Waals surface area contributed by atoms with Crippen molar-refractivity contribution >= 4 is 14.5 Å². The summed E-state index contributed by atoms with van der Waals surface area (Å²) in [5, 5.41) is 0.521. The van der Waals surface area contributed by atoms with Gasteiger partial charge in [0, 0.05) is 6.07 Å². The zero-order chi connectivity index (χ0) is 34.3. The summed E-state index contributed by atoms with van der Waals surface area (Å²) < 4.78 is 24.4. The first-order valence-corrected chi connectivity index (χ1v) is 15.9. The molecule has 0 fully saturated rings. The second-order valence-corrected chi connectivity index (χ2v) is 13.0. The summed E-state index contributed by atoms with van der Waals surface area (Å²) in [6.45, 7) is 25.5. The highest BCUT2D eigenvalue weighted by Gasteiger charge is 1.94. The third-order valence-corrected chi connectivity index (χ3v) is 6.68. The summed E-state index contributed by atoms with van der Waals surface area (Å²) in [6.07, 6.45) is 0. The van der Waals surface area contributed by atoms with E-state index >= 15 is 0 Å². The molecule has 0 amide bonds. The Morgan fingerprint density at radius 2 is 0.400 bits per heavy atom. The molecule has 0 N–H and O–H groups in total. The minimum absolute atomic E-state index is 0.521. The van der Waals surface area contributed by atoms with Crippen LogP contribution in [0.25, 0.3) is 0 Å². The molecule has 0 aliphatic rings. The van der Waals surface area contributed by atoms with Gasteiger partial charge < -0.3 is 0 Å². The van der Waals surface area contributed by atoms with E-state index in [0.29, 0.717) is 5.30 Å². The highest BCUT2D eigenvalue weighted by Crippen LogP contribution is 2.09. The predicted octanol–water partition coefficient (Wildman–Crippen LogP) is 11.9. The van der Waals surface area contributed by atoms with E-state index in [1.807, 2.05) is 0 Å². The van der Waals surface area contributed by atoms with E-state index in [1.165, 1.54) is 78.9 Å². The van der Waals surface area contributed by atoms with Crippen LogP contribution >= 0.6 is 9.24 Å². The SMILES string of the molecule is Cc1cc(C)cc(C)c1.Cc1cc(C)cc(C)c1.Cc1cc(C)cc(C)c1.Cc1cc(C)cc(C)c1.Fc1cc(F)cc(P)c1. The molecule has 1 unspecified atom stereocenters. The second kappa shape index (κ2) is 19.7. The molecule has 0 radical (unpaired) electrons. The maximum atomic E-state index is 12.2. The van der Waals surface area contributed by atoms with E-state index in [2.05, 4.69) is 165 Å². The maximum absolute atomic E-state index is 12.2. The lowest BCUT2D eigenvalue weighted by Crippen LogP contribution is -1.92. The van der Waals surface area contributed by atoms with Crippen LogP contribution < -0.4 is 5.30 Å². The normalized spacial score (nSPS) is 9.67. The van der Waals surface area contributed by atoms with Gasteiger partial charge in [-0.1, -0.05) is 140 Å². The van der Waals surface area contributed by atoms with Crippen LogP contribution in [0.1, 0.15) is 66.8 Å². The number of benzene rings is 5. The minimum atomic E-state index is -0.542. The van der Waals surface area contributed by atoms with Crippen molar-refractivity contribution in [1.82, 2.24) is 0 Å². The van der Waals surface area contributed by atoms with E-state index < -0.39 is 11.6 Å². The minimum Gasteiger partial charge on any atom is -0.207 e. The maximum Gasteiger partial charge on any atom is 0.126 e. The Bertz CT molecular complexity index is 1110. The van der Waals surface area contributed by atoms with E-state index in [0.717, 1.165) is 6.07 Å². The molecule has 240 valence electrons. The molecule has 0 bridgehead atoms. The van der Waals surface area contributed by atoms with Crippen molar-refractivity contribution in [3.05, 3.63) is 169 Å². The molecule has 0 aliphatic heterocycles. The van der Waals surface area contributed by atoms with Crippen LogP contribution in [0.3, 0.4) is 0 Å². The fourth-order valence-electron chi connectivity index (χ4n) is 5.38. The quantitative estimate of drug-likeness (QED) is 0.150. The largest absolute Gasteiger partial charge is 0.207 e. The number of aryl methyl sites for hydroxylation is 12. The Labute approximate surface area is 275 Å². The molecule has 0 aliphatic carbocycles. The Balaban J connectivity index is 0.000000281. The van der Waals surface area contributed by atoms with E-state index in [-0.39, 0.29) is 0 Å². The Morgan fingerprint density at radius 3 is 0.511 bits per heavy atom. The summed E-state index contributed by atoms with van der Waals surface area (Å²) in [7, 11) is 2.22.